The molecule has 0 aliphatic heterocycles. The van der Waals surface area contributed by atoms with Gasteiger partial charge in [-0.15, -0.1) is 0 Å². The zero-order valence-corrected chi connectivity index (χ0v) is 15.1. The normalized spacial score (nSPS) is 10.2. The largest absolute Gasteiger partial charge is 0.320 e. The molecule has 3 aromatic carbocycles. The zero-order chi connectivity index (χ0) is 18.5. The smallest absolute Gasteiger partial charge is 0.255 e. The molecule has 26 heavy (non-hydrogen) atoms. The molecule has 0 saturated heterocycles. The predicted molar refractivity (Wildman–Crippen MR) is 103 cm³/mol. The number of hydrogen-bond donors (Lipinski definition) is 2. The molecule has 0 radical (unpaired) electrons. The topological polar surface area (TPSA) is 58.2 Å². The van der Waals surface area contributed by atoms with Crippen molar-refractivity contribution in [2.75, 3.05) is 10.6 Å². The molecule has 0 bridgehead atoms. The van der Waals surface area contributed by atoms with E-state index >= 15 is 0 Å². The van der Waals surface area contributed by atoms with Crippen LogP contribution in [0, 0.1) is 5.82 Å². The standard InChI is InChI=1S/C20H14BrFN2O2/c21-15-10-14(11-16(22)12-15)20(26)24-18-9-5-4-8-17(18)23-19(25)13-6-2-1-3-7-13/h1-12H,(H,23,25)(H,24,26). The van der Waals surface area contributed by atoms with Crippen LogP contribution in [0.4, 0.5) is 15.8 Å². The Bertz CT molecular complexity index is 941. The molecule has 6 heteroatoms. The fraction of sp³-hybridized carbons (Fsp3) is 0. The summed E-state index contributed by atoms with van der Waals surface area (Å²) in [6.07, 6.45) is 0. The molecule has 3 aromatic rings. The van der Waals surface area contributed by atoms with E-state index in [-0.39, 0.29) is 11.5 Å². The highest BCUT2D eigenvalue weighted by Gasteiger charge is 2.13. The Hall–Kier alpha value is -2.99. The summed E-state index contributed by atoms with van der Waals surface area (Å²) in [5.41, 5.74) is 1.54. The minimum Gasteiger partial charge on any atom is -0.320 e. The quantitative estimate of drug-likeness (QED) is 0.626. The summed E-state index contributed by atoms with van der Waals surface area (Å²) in [7, 11) is 0. The van der Waals surface area contributed by atoms with E-state index in [9.17, 15) is 14.0 Å². The van der Waals surface area contributed by atoms with Crippen molar-refractivity contribution in [2.45, 2.75) is 0 Å². The number of hydrogen-bond acceptors (Lipinski definition) is 2. The van der Waals surface area contributed by atoms with Crippen molar-refractivity contribution in [1.29, 1.82) is 0 Å². The molecule has 0 aliphatic carbocycles. The first-order chi connectivity index (χ1) is 12.5. The summed E-state index contributed by atoms with van der Waals surface area (Å²) in [6.45, 7) is 0. The predicted octanol–water partition coefficient (Wildman–Crippen LogP) is 5.09. The van der Waals surface area contributed by atoms with Crippen LogP contribution in [-0.2, 0) is 0 Å². The van der Waals surface area contributed by atoms with E-state index in [1.807, 2.05) is 6.07 Å². The number of carbonyl (C=O) groups is 2. The van der Waals surface area contributed by atoms with Gasteiger partial charge in [0.1, 0.15) is 5.82 Å². The van der Waals surface area contributed by atoms with Crippen LogP contribution < -0.4 is 10.6 Å². The SMILES string of the molecule is O=C(Nc1ccccc1NC(=O)c1cc(F)cc(Br)c1)c1ccccc1. The van der Waals surface area contributed by atoms with Crippen LogP contribution in [0.3, 0.4) is 0 Å². The van der Waals surface area contributed by atoms with Gasteiger partial charge in [0.15, 0.2) is 0 Å². The number of carbonyl (C=O) groups excluding carboxylic acids is 2. The second kappa shape index (κ2) is 7.93. The van der Waals surface area contributed by atoms with Gasteiger partial charge in [-0.25, -0.2) is 4.39 Å². The van der Waals surface area contributed by atoms with Crippen molar-refractivity contribution in [1.82, 2.24) is 0 Å². The third-order valence-electron chi connectivity index (χ3n) is 3.58. The molecule has 4 nitrogen and oxygen atoms in total. The number of rotatable bonds is 4. The van der Waals surface area contributed by atoms with Gasteiger partial charge in [-0.05, 0) is 42.5 Å². The van der Waals surface area contributed by atoms with Crippen LogP contribution in [-0.4, -0.2) is 11.8 Å². The molecular formula is C20H14BrFN2O2. The maximum Gasteiger partial charge on any atom is 0.255 e. The lowest BCUT2D eigenvalue weighted by molar-refractivity contribution is 0.101. The summed E-state index contributed by atoms with van der Waals surface area (Å²) >= 11 is 3.16. The molecule has 2 N–H and O–H groups in total. The highest BCUT2D eigenvalue weighted by atomic mass is 79.9. The minimum absolute atomic E-state index is 0.168. The lowest BCUT2D eigenvalue weighted by Gasteiger charge is -2.12. The molecule has 2 amide bonds. The van der Waals surface area contributed by atoms with E-state index in [0.717, 1.165) is 6.07 Å². The van der Waals surface area contributed by atoms with Crippen molar-refractivity contribution in [3.8, 4) is 0 Å². The van der Waals surface area contributed by atoms with Gasteiger partial charge in [-0.3, -0.25) is 9.59 Å². The van der Waals surface area contributed by atoms with Crippen LogP contribution in [0.25, 0.3) is 0 Å². The second-order valence-electron chi connectivity index (χ2n) is 5.48. The Morgan fingerprint density at radius 1 is 0.731 bits per heavy atom. The lowest BCUT2D eigenvalue weighted by atomic mass is 10.1. The Morgan fingerprint density at radius 2 is 1.27 bits per heavy atom. The average molecular weight is 413 g/mol. The van der Waals surface area contributed by atoms with Gasteiger partial charge >= 0.3 is 0 Å². The number of nitrogens with one attached hydrogen (secondary N) is 2. The first-order valence-corrected chi connectivity index (χ1v) is 8.55. The van der Waals surface area contributed by atoms with E-state index in [4.69, 9.17) is 0 Å². The summed E-state index contributed by atoms with van der Waals surface area (Å²) in [5, 5.41) is 5.47. The molecule has 0 saturated carbocycles. The first-order valence-electron chi connectivity index (χ1n) is 7.76. The molecule has 0 unspecified atom stereocenters. The molecule has 0 aromatic heterocycles. The van der Waals surface area contributed by atoms with Gasteiger partial charge in [0.25, 0.3) is 11.8 Å². The van der Waals surface area contributed by atoms with Crippen molar-refractivity contribution in [2.24, 2.45) is 0 Å². The van der Waals surface area contributed by atoms with Crippen LogP contribution in [0.15, 0.2) is 77.3 Å². The van der Waals surface area contributed by atoms with Crippen LogP contribution in [0.5, 0.6) is 0 Å². The monoisotopic (exact) mass is 412 g/mol. The summed E-state index contributed by atoms with van der Waals surface area (Å²) in [6, 6.07) is 19.5. The summed E-state index contributed by atoms with van der Waals surface area (Å²) in [4.78, 5) is 24.7. The van der Waals surface area contributed by atoms with Gasteiger partial charge in [-0.1, -0.05) is 46.3 Å². The van der Waals surface area contributed by atoms with Gasteiger partial charge < -0.3 is 10.6 Å². The van der Waals surface area contributed by atoms with E-state index in [0.29, 0.717) is 21.4 Å². The van der Waals surface area contributed by atoms with E-state index in [2.05, 4.69) is 26.6 Å². The van der Waals surface area contributed by atoms with Crippen LogP contribution >= 0.6 is 15.9 Å². The third-order valence-corrected chi connectivity index (χ3v) is 4.04. The maximum atomic E-state index is 13.5. The Balaban J connectivity index is 1.81. The van der Waals surface area contributed by atoms with Crippen molar-refractivity contribution in [3.63, 3.8) is 0 Å². The van der Waals surface area contributed by atoms with Gasteiger partial charge in [-0.2, -0.15) is 0 Å². The molecule has 0 atom stereocenters. The molecule has 3 rings (SSSR count). The maximum absolute atomic E-state index is 13.5. The van der Waals surface area contributed by atoms with E-state index in [1.54, 1.807) is 48.5 Å². The summed E-state index contributed by atoms with van der Waals surface area (Å²) < 4.78 is 14.0. The zero-order valence-electron chi connectivity index (χ0n) is 13.5. The third kappa shape index (κ3) is 4.34. The van der Waals surface area contributed by atoms with E-state index in [1.165, 1.54) is 12.1 Å². The van der Waals surface area contributed by atoms with Crippen molar-refractivity contribution >= 4 is 39.1 Å². The second-order valence-corrected chi connectivity index (χ2v) is 6.39. The van der Waals surface area contributed by atoms with E-state index < -0.39 is 11.7 Å². The average Bonchev–Trinajstić information content (AvgIpc) is 2.63. The number of amides is 2. The highest BCUT2D eigenvalue weighted by Crippen LogP contribution is 2.23. The van der Waals surface area contributed by atoms with Crippen molar-refractivity contribution < 1.29 is 14.0 Å². The van der Waals surface area contributed by atoms with Gasteiger partial charge in [0.2, 0.25) is 0 Å². The molecular weight excluding hydrogens is 399 g/mol. The number of para-hydroxylation sites is 2. The summed E-state index contributed by atoms with van der Waals surface area (Å²) in [5.74, 6) is -1.29. The fourth-order valence-electron chi connectivity index (χ4n) is 2.36. The molecule has 0 aliphatic rings. The molecule has 0 fully saturated rings. The Kier molecular flexibility index (Phi) is 5.43. The molecule has 130 valence electrons. The van der Waals surface area contributed by atoms with Gasteiger partial charge in [0.05, 0.1) is 11.4 Å². The van der Waals surface area contributed by atoms with Crippen LogP contribution in [0.2, 0.25) is 0 Å². The number of anilines is 2. The van der Waals surface area contributed by atoms with Crippen LogP contribution in [0.1, 0.15) is 20.7 Å². The Morgan fingerprint density at radius 3 is 1.85 bits per heavy atom. The molecule has 0 spiro atoms. The number of halogens is 2. The van der Waals surface area contributed by atoms with Crippen molar-refractivity contribution in [3.05, 3.63) is 94.2 Å². The highest BCUT2D eigenvalue weighted by molar-refractivity contribution is 9.10. The Labute approximate surface area is 158 Å². The first kappa shape index (κ1) is 17.8. The van der Waals surface area contributed by atoms with Gasteiger partial charge in [0, 0.05) is 15.6 Å². The molecule has 0 heterocycles. The number of benzene rings is 3. The lowest BCUT2D eigenvalue weighted by Crippen LogP contribution is -2.17. The fourth-order valence-corrected chi connectivity index (χ4v) is 2.83. The minimum atomic E-state index is -0.518.